The molecule has 1 aliphatic carbocycles. The Labute approximate surface area is 249 Å². The smallest absolute Gasteiger partial charge is 0.331 e. The summed E-state index contributed by atoms with van der Waals surface area (Å²) in [6.45, 7) is 3.63. The lowest BCUT2D eigenvalue weighted by Gasteiger charge is -2.31. The van der Waals surface area contributed by atoms with Gasteiger partial charge in [0.05, 0.1) is 41.6 Å². The van der Waals surface area contributed by atoms with E-state index in [1.165, 1.54) is 11.9 Å². The number of aromatic nitrogens is 2. The molecule has 0 unspecified atom stereocenters. The Morgan fingerprint density at radius 1 is 1.16 bits per heavy atom. The summed E-state index contributed by atoms with van der Waals surface area (Å²) in [5, 5.41) is 9.21. The van der Waals surface area contributed by atoms with Crippen molar-refractivity contribution in [2.45, 2.75) is 58.2 Å². The minimum atomic E-state index is -4.94. The predicted molar refractivity (Wildman–Crippen MR) is 154 cm³/mol. The van der Waals surface area contributed by atoms with Crippen LogP contribution in [-0.2, 0) is 32.8 Å². The summed E-state index contributed by atoms with van der Waals surface area (Å²) < 4.78 is 80.9. The standard InChI is InChI=1S/C29H31F4N5O3S.CH4/c1-19(27-35-25(28(2)11-12-28)18-38(27)22-8-5-20(17-34)6-9-22)37(14-13-36(3)42(4,40)41)26(39)16-21-7-10-24(30)23(15-21)29(31,32)33;/h5-10,15,18-19H,11-14,16H2,1-4H3;1H4/t19-;/m1./s1. The number of benzene rings is 2. The molecular formula is C30H35F4N5O3S. The van der Waals surface area contributed by atoms with Crippen LogP contribution in [0.1, 0.15) is 68.4 Å². The van der Waals surface area contributed by atoms with Crippen LogP contribution in [0.4, 0.5) is 17.6 Å². The lowest BCUT2D eigenvalue weighted by Crippen LogP contribution is -2.42. The minimum Gasteiger partial charge on any atom is -0.331 e. The number of hydrogen-bond acceptors (Lipinski definition) is 5. The van der Waals surface area contributed by atoms with Gasteiger partial charge in [-0.25, -0.2) is 22.1 Å². The number of alkyl halides is 3. The molecule has 0 aliphatic heterocycles. The summed E-state index contributed by atoms with van der Waals surface area (Å²) in [6.07, 6.45) is -0.646. The van der Waals surface area contributed by atoms with Crippen LogP contribution in [0.2, 0.25) is 0 Å². The lowest BCUT2D eigenvalue weighted by atomic mass is 10.1. The van der Waals surface area contributed by atoms with Gasteiger partial charge in [0.25, 0.3) is 0 Å². The Balaban J connectivity index is 0.00000506. The second-order valence-electron chi connectivity index (χ2n) is 10.9. The highest BCUT2D eigenvalue weighted by Crippen LogP contribution is 2.47. The van der Waals surface area contributed by atoms with Crippen LogP contribution < -0.4 is 0 Å². The first-order chi connectivity index (χ1) is 19.5. The fourth-order valence-corrected chi connectivity index (χ4v) is 5.00. The number of imidazole rings is 1. The van der Waals surface area contributed by atoms with Gasteiger partial charge in [-0.1, -0.05) is 20.4 Å². The van der Waals surface area contributed by atoms with Crippen LogP contribution in [0.25, 0.3) is 5.69 Å². The Morgan fingerprint density at radius 2 is 1.79 bits per heavy atom. The molecule has 4 rings (SSSR count). The summed E-state index contributed by atoms with van der Waals surface area (Å²) in [4.78, 5) is 19.9. The van der Waals surface area contributed by atoms with Crippen molar-refractivity contribution < 1.29 is 30.8 Å². The third-order valence-electron chi connectivity index (χ3n) is 7.70. The molecule has 0 saturated heterocycles. The average molecular weight is 622 g/mol. The normalized spacial score (nSPS) is 15.0. The molecular weight excluding hydrogens is 586 g/mol. The zero-order valence-corrected chi connectivity index (χ0v) is 24.4. The van der Waals surface area contributed by atoms with Crippen molar-refractivity contribution in [1.29, 1.82) is 5.26 Å². The first kappa shape index (κ1) is 33.7. The summed E-state index contributed by atoms with van der Waals surface area (Å²) in [5.74, 6) is -1.56. The molecule has 1 amide bonds. The fourth-order valence-electron chi connectivity index (χ4n) is 4.59. The first-order valence-corrected chi connectivity index (χ1v) is 15.0. The number of nitriles is 1. The highest BCUT2D eigenvalue weighted by atomic mass is 32.2. The summed E-state index contributed by atoms with van der Waals surface area (Å²) in [5.41, 5.74) is 0.309. The molecule has 43 heavy (non-hydrogen) atoms. The number of hydrogen-bond donors (Lipinski definition) is 0. The monoisotopic (exact) mass is 621 g/mol. The number of nitrogens with zero attached hydrogens (tertiary/aromatic N) is 5. The van der Waals surface area contributed by atoms with Gasteiger partial charge in [0.15, 0.2) is 0 Å². The highest BCUT2D eigenvalue weighted by Gasteiger charge is 2.42. The molecule has 13 heteroatoms. The summed E-state index contributed by atoms with van der Waals surface area (Å²) in [6, 6.07) is 10.5. The van der Waals surface area contributed by atoms with E-state index in [2.05, 4.69) is 13.0 Å². The lowest BCUT2D eigenvalue weighted by molar-refractivity contribution is -0.140. The predicted octanol–water partition coefficient (Wildman–Crippen LogP) is 5.61. The Hall–Kier alpha value is -3.76. The Bertz CT molecular complexity index is 1620. The molecule has 2 aromatic carbocycles. The van der Waals surface area contributed by atoms with E-state index in [0.717, 1.165) is 35.2 Å². The van der Waals surface area contributed by atoms with Crippen molar-refractivity contribution in [1.82, 2.24) is 18.8 Å². The molecule has 8 nitrogen and oxygen atoms in total. The van der Waals surface area contributed by atoms with Gasteiger partial charge < -0.3 is 9.47 Å². The molecule has 3 aromatic rings. The van der Waals surface area contributed by atoms with E-state index in [9.17, 15) is 36.0 Å². The van der Waals surface area contributed by atoms with Gasteiger partial charge in [-0.05, 0) is 61.7 Å². The van der Waals surface area contributed by atoms with E-state index in [-0.39, 0.29) is 31.5 Å². The molecule has 1 saturated carbocycles. The zero-order chi connectivity index (χ0) is 31.0. The topological polar surface area (TPSA) is 99.3 Å². The van der Waals surface area contributed by atoms with E-state index in [1.54, 1.807) is 31.2 Å². The molecule has 0 N–H and O–H groups in total. The third kappa shape index (κ3) is 7.61. The van der Waals surface area contributed by atoms with Gasteiger partial charge in [0, 0.05) is 37.4 Å². The van der Waals surface area contributed by atoms with Crippen LogP contribution in [-0.4, -0.2) is 59.5 Å². The van der Waals surface area contributed by atoms with Crippen molar-refractivity contribution in [3.05, 3.63) is 82.7 Å². The number of carbonyl (C=O) groups is 1. The van der Waals surface area contributed by atoms with E-state index in [4.69, 9.17) is 4.98 Å². The fraction of sp³-hybridized carbons (Fsp3) is 0.433. The number of sulfonamides is 1. The highest BCUT2D eigenvalue weighted by molar-refractivity contribution is 7.88. The number of halogens is 4. The summed E-state index contributed by atoms with van der Waals surface area (Å²) in [7, 11) is -2.22. The van der Waals surface area contributed by atoms with Crippen molar-refractivity contribution in [2.24, 2.45) is 0 Å². The minimum absolute atomic E-state index is 0. The van der Waals surface area contributed by atoms with Crippen molar-refractivity contribution in [3.8, 4) is 11.8 Å². The SMILES string of the molecule is C.C[C@H](c1nc(C2(C)CC2)cn1-c1ccc(C#N)cc1)N(CCN(C)S(C)(=O)=O)C(=O)Cc1ccc(F)c(C(F)(F)F)c1. The molecule has 1 atom stereocenters. The van der Waals surface area contributed by atoms with E-state index in [0.29, 0.717) is 29.2 Å². The van der Waals surface area contributed by atoms with Crippen LogP contribution in [0.3, 0.4) is 0 Å². The van der Waals surface area contributed by atoms with Gasteiger partial charge >= 0.3 is 6.18 Å². The third-order valence-corrected chi connectivity index (χ3v) is 9.02. The molecule has 1 heterocycles. The van der Waals surface area contributed by atoms with E-state index >= 15 is 0 Å². The first-order valence-electron chi connectivity index (χ1n) is 13.2. The largest absolute Gasteiger partial charge is 0.419 e. The van der Waals surface area contributed by atoms with Crippen molar-refractivity contribution in [2.75, 3.05) is 26.4 Å². The van der Waals surface area contributed by atoms with Crippen molar-refractivity contribution >= 4 is 15.9 Å². The van der Waals surface area contributed by atoms with Gasteiger partial charge in [-0.15, -0.1) is 0 Å². The zero-order valence-electron chi connectivity index (χ0n) is 23.6. The average Bonchev–Trinajstić information content (AvgIpc) is 3.50. The van der Waals surface area contributed by atoms with Gasteiger partial charge in [0.1, 0.15) is 11.6 Å². The van der Waals surface area contributed by atoms with E-state index < -0.39 is 46.0 Å². The molecule has 0 spiro atoms. The van der Waals surface area contributed by atoms with Crippen LogP contribution >= 0.6 is 0 Å². The summed E-state index contributed by atoms with van der Waals surface area (Å²) >= 11 is 0. The molecule has 1 aliphatic rings. The molecule has 0 radical (unpaired) electrons. The van der Waals surface area contributed by atoms with Gasteiger partial charge in [0.2, 0.25) is 15.9 Å². The number of carbonyl (C=O) groups excluding carboxylic acids is 1. The van der Waals surface area contributed by atoms with Gasteiger partial charge in [-0.2, -0.15) is 18.4 Å². The molecule has 232 valence electrons. The number of rotatable bonds is 10. The molecule has 0 bridgehead atoms. The maximum absolute atomic E-state index is 13.9. The Kier molecular flexibility index (Phi) is 9.78. The molecule has 1 aromatic heterocycles. The maximum atomic E-state index is 13.9. The van der Waals surface area contributed by atoms with E-state index in [1.807, 2.05) is 10.8 Å². The van der Waals surface area contributed by atoms with Crippen molar-refractivity contribution in [3.63, 3.8) is 0 Å². The Morgan fingerprint density at radius 3 is 2.33 bits per heavy atom. The number of amides is 1. The maximum Gasteiger partial charge on any atom is 0.419 e. The second kappa shape index (κ2) is 12.5. The number of likely N-dealkylation sites (N-methyl/N-ethyl adjacent to an activating group) is 1. The van der Waals surface area contributed by atoms with Crippen LogP contribution in [0.15, 0.2) is 48.7 Å². The second-order valence-corrected chi connectivity index (χ2v) is 13.0. The van der Waals surface area contributed by atoms with Crippen LogP contribution in [0, 0.1) is 17.1 Å². The quantitative estimate of drug-likeness (QED) is 0.274. The van der Waals surface area contributed by atoms with Gasteiger partial charge in [-0.3, -0.25) is 4.79 Å². The van der Waals surface area contributed by atoms with Crippen LogP contribution in [0.5, 0.6) is 0 Å². The molecule has 1 fully saturated rings.